The van der Waals surface area contributed by atoms with E-state index in [0.29, 0.717) is 0 Å². The van der Waals surface area contributed by atoms with Gasteiger partial charge in [-0.1, -0.05) is 0 Å². The van der Waals surface area contributed by atoms with Gasteiger partial charge in [-0.2, -0.15) is 0 Å². The summed E-state index contributed by atoms with van der Waals surface area (Å²) in [6.45, 7) is 0. The molecule has 52 valence electrons. The fourth-order valence-electron chi connectivity index (χ4n) is 1.52. The first-order valence-corrected chi connectivity index (χ1v) is 3.59. The van der Waals surface area contributed by atoms with Crippen LogP contribution >= 0.6 is 0 Å². The van der Waals surface area contributed by atoms with E-state index in [0.717, 1.165) is 18.5 Å². The zero-order valence-corrected chi connectivity index (χ0v) is 5.80. The number of pyridine rings is 1. The molecular formula is C8H10N2. The van der Waals surface area contributed by atoms with Crippen molar-refractivity contribution in [2.45, 2.75) is 19.3 Å². The molecule has 2 nitrogen and oxygen atoms in total. The minimum atomic E-state index is 0.870. The Morgan fingerprint density at radius 1 is 1.30 bits per heavy atom. The maximum absolute atomic E-state index is 5.71. The third kappa shape index (κ3) is 0.685. The molecule has 0 saturated heterocycles. The van der Waals surface area contributed by atoms with Gasteiger partial charge in [0, 0.05) is 6.20 Å². The lowest BCUT2D eigenvalue weighted by Crippen LogP contribution is -1.93. The highest BCUT2D eigenvalue weighted by molar-refractivity contribution is 5.50. The molecule has 1 heterocycles. The average molecular weight is 134 g/mol. The van der Waals surface area contributed by atoms with Gasteiger partial charge in [0.05, 0.1) is 11.9 Å². The van der Waals surface area contributed by atoms with Crippen LogP contribution in [0, 0.1) is 0 Å². The largest absolute Gasteiger partial charge is 0.397 e. The van der Waals surface area contributed by atoms with Crippen molar-refractivity contribution in [1.29, 1.82) is 0 Å². The SMILES string of the molecule is Nc1cncc2c1CCC2. The maximum Gasteiger partial charge on any atom is 0.0535 e. The van der Waals surface area contributed by atoms with Crippen molar-refractivity contribution in [2.75, 3.05) is 5.73 Å². The number of aromatic nitrogens is 1. The Bertz CT molecular complexity index is 255. The van der Waals surface area contributed by atoms with Crippen molar-refractivity contribution < 1.29 is 0 Å². The van der Waals surface area contributed by atoms with Gasteiger partial charge in [-0.15, -0.1) is 0 Å². The predicted molar refractivity (Wildman–Crippen MR) is 40.7 cm³/mol. The van der Waals surface area contributed by atoms with Crippen LogP contribution < -0.4 is 5.73 Å². The van der Waals surface area contributed by atoms with Crippen LogP contribution in [-0.4, -0.2) is 4.98 Å². The number of rotatable bonds is 0. The molecule has 0 fully saturated rings. The summed E-state index contributed by atoms with van der Waals surface area (Å²) in [4.78, 5) is 4.03. The summed E-state index contributed by atoms with van der Waals surface area (Å²) in [5.74, 6) is 0. The molecule has 0 amide bonds. The van der Waals surface area contributed by atoms with E-state index in [1.54, 1.807) is 6.20 Å². The lowest BCUT2D eigenvalue weighted by Gasteiger charge is -1.99. The van der Waals surface area contributed by atoms with Crippen LogP contribution in [0.3, 0.4) is 0 Å². The van der Waals surface area contributed by atoms with E-state index in [1.807, 2.05) is 6.20 Å². The van der Waals surface area contributed by atoms with Gasteiger partial charge in [-0.25, -0.2) is 0 Å². The van der Waals surface area contributed by atoms with Crippen LogP contribution in [0.4, 0.5) is 5.69 Å². The standard InChI is InChI=1S/C8H10N2/c9-8-5-10-4-6-2-1-3-7(6)8/h4-5H,1-3,9H2. The van der Waals surface area contributed by atoms with Crippen LogP contribution in [0.5, 0.6) is 0 Å². The van der Waals surface area contributed by atoms with Crippen molar-refractivity contribution in [3.63, 3.8) is 0 Å². The Kier molecular flexibility index (Phi) is 1.13. The zero-order valence-electron chi connectivity index (χ0n) is 5.80. The first-order chi connectivity index (χ1) is 4.88. The second-order valence-electron chi connectivity index (χ2n) is 2.72. The van der Waals surface area contributed by atoms with Crippen molar-refractivity contribution in [3.05, 3.63) is 23.5 Å². The molecule has 0 aliphatic heterocycles. The number of hydrogen-bond acceptors (Lipinski definition) is 2. The Morgan fingerprint density at radius 2 is 2.20 bits per heavy atom. The van der Waals surface area contributed by atoms with Crippen molar-refractivity contribution in [1.82, 2.24) is 4.98 Å². The van der Waals surface area contributed by atoms with Crippen molar-refractivity contribution >= 4 is 5.69 Å². The van der Waals surface area contributed by atoms with E-state index in [9.17, 15) is 0 Å². The molecule has 0 aromatic carbocycles. The Hall–Kier alpha value is -1.05. The number of nitrogens with two attached hydrogens (primary N) is 1. The molecular weight excluding hydrogens is 124 g/mol. The van der Waals surface area contributed by atoms with Gasteiger partial charge in [0.15, 0.2) is 0 Å². The third-order valence-corrected chi connectivity index (χ3v) is 2.05. The summed E-state index contributed by atoms with van der Waals surface area (Å²) >= 11 is 0. The summed E-state index contributed by atoms with van der Waals surface area (Å²) in [6, 6.07) is 0. The van der Waals surface area contributed by atoms with E-state index in [1.165, 1.54) is 17.5 Å². The molecule has 1 aliphatic carbocycles. The molecule has 2 N–H and O–H groups in total. The number of nitrogen functional groups attached to an aromatic ring is 1. The molecule has 1 aliphatic rings. The van der Waals surface area contributed by atoms with Gasteiger partial charge in [0.25, 0.3) is 0 Å². The van der Waals surface area contributed by atoms with Crippen LogP contribution in [0.2, 0.25) is 0 Å². The predicted octanol–water partition coefficient (Wildman–Crippen LogP) is 1.15. The van der Waals surface area contributed by atoms with Gasteiger partial charge in [0.1, 0.15) is 0 Å². The molecule has 0 unspecified atom stereocenters. The fraction of sp³-hybridized carbons (Fsp3) is 0.375. The second-order valence-corrected chi connectivity index (χ2v) is 2.72. The van der Waals surface area contributed by atoms with Crippen molar-refractivity contribution in [3.8, 4) is 0 Å². The summed E-state index contributed by atoms with van der Waals surface area (Å²) in [7, 11) is 0. The second kappa shape index (κ2) is 1.97. The Morgan fingerprint density at radius 3 is 3.00 bits per heavy atom. The monoisotopic (exact) mass is 134 g/mol. The first kappa shape index (κ1) is 5.71. The van der Waals surface area contributed by atoms with Crippen LogP contribution in [0.15, 0.2) is 12.4 Å². The summed E-state index contributed by atoms with van der Waals surface area (Å²) in [5, 5.41) is 0. The average Bonchev–Trinajstić information content (AvgIpc) is 2.36. The third-order valence-electron chi connectivity index (χ3n) is 2.05. The minimum Gasteiger partial charge on any atom is -0.397 e. The number of aryl methyl sites for hydroxylation is 1. The number of nitrogens with zero attached hydrogens (tertiary/aromatic N) is 1. The van der Waals surface area contributed by atoms with Crippen LogP contribution in [0.25, 0.3) is 0 Å². The van der Waals surface area contributed by atoms with E-state index >= 15 is 0 Å². The highest BCUT2D eigenvalue weighted by Crippen LogP contribution is 2.24. The van der Waals surface area contributed by atoms with E-state index < -0.39 is 0 Å². The Labute approximate surface area is 60.1 Å². The summed E-state index contributed by atoms with van der Waals surface area (Å²) in [5.41, 5.74) is 9.26. The van der Waals surface area contributed by atoms with Gasteiger partial charge in [-0.3, -0.25) is 4.98 Å². The number of hydrogen-bond donors (Lipinski definition) is 1. The van der Waals surface area contributed by atoms with Crippen LogP contribution in [0.1, 0.15) is 17.5 Å². The highest BCUT2D eigenvalue weighted by Gasteiger charge is 2.12. The normalized spacial score (nSPS) is 15.2. The molecule has 0 spiro atoms. The van der Waals surface area contributed by atoms with Crippen molar-refractivity contribution in [2.24, 2.45) is 0 Å². The lowest BCUT2D eigenvalue weighted by atomic mass is 10.1. The van der Waals surface area contributed by atoms with E-state index in [2.05, 4.69) is 4.98 Å². The van der Waals surface area contributed by atoms with Gasteiger partial charge in [0.2, 0.25) is 0 Å². The highest BCUT2D eigenvalue weighted by atomic mass is 14.7. The van der Waals surface area contributed by atoms with E-state index in [-0.39, 0.29) is 0 Å². The molecule has 0 atom stereocenters. The topological polar surface area (TPSA) is 38.9 Å². The Balaban J connectivity index is 2.59. The van der Waals surface area contributed by atoms with Gasteiger partial charge < -0.3 is 5.73 Å². The molecule has 10 heavy (non-hydrogen) atoms. The zero-order chi connectivity index (χ0) is 6.97. The molecule has 0 radical (unpaired) electrons. The summed E-state index contributed by atoms with van der Waals surface area (Å²) < 4.78 is 0. The van der Waals surface area contributed by atoms with Gasteiger partial charge >= 0.3 is 0 Å². The molecule has 1 aromatic rings. The molecule has 2 heteroatoms. The molecule has 0 saturated carbocycles. The van der Waals surface area contributed by atoms with Gasteiger partial charge in [-0.05, 0) is 30.4 Å². The smallest absolute Gasteiger partial charge is 0.0535 e. The molecule has 0 bridgehead atoms. The van der Waals surface area contributed by atoms with E-state index in [4.69, 9.17) is 5.73 Å². The first-order valence-electron chi connectivity index (χ1n) is 3.59. The summed E-state index contributed by atoms with van der Waals surface area (Å²) in [6.07, 6.45) is 7.21. The molecule has 1 aromatic heterocycles. The van der Waals surface area contributed by atoms with Crippen LogP contribution in [-0.2, 0) is 12.8 Å². The maximum atomic E-state index is 5.71. The lowest BCUT2D eigenvalue weighted by molar-refractivity contribution is 0.911. The molecule has 2 rings (SSSR count). The minimum absolute atomic E-state index is 0.870. The number of anilines is 1. The fourth-order valence-corrected chi connectivity index (χ4v) is 1.52. The number of fused-ring (bicyclic) bond motifs is 1. The quantitative estimate of drug-likeness (QED) is 0.578.